The van der Waals surface area contributed by atoms with Crippen molar-refractivity contribution in [1.82, 2.24) is 0 Å². The van der Waals surface area contributed by atoms with Crippen molar-refractivity contribution < 1.29 is 9.72 Å². The van der Waals surface area contributed by atoms with Gasteiger partial charge in [-0.05, 0) is 18.4 Å². The van der Waals surface area contributed by atoms with Gasteiger partial charge in [0.2, 0.25) is 5.91 Å². The predicted octanol–water partition coefficient (Wildman–Crippen LogP) is 2.03. The summed E-state index contributed by atoms with van der Waals surface area (Å²) in [6.07, 6.45) is 0.636. The molecule has 3 N–H and O–H groups in total. The summed E-state index contributed by atoms with van der Waals surface area (Å²) in [6, 6.07) is 5.58. The summed E-state index contributed by atoms with van der Waals surface area (Å²) in [5.74, 6) is -0.320. The van der Waals surface area contributed by atoms with Gasteiger partial charge in [0.25, 0.3) is 5.69 Å². The average molecular weight is 290 g/mol. The number of hydrogen-bond acceptors (Lipinski definition) is 5. The van der Waals surface area contributed by atoms with E-state index in [2.05, 4.69) is 5.32 Å². The van der Waals surface area contributed by atoms with Crippen LogP contribution in [-0.2, 0) is 4.79 Å². The third kappa shape index (κ3) is 4.54. The molecule has 0 spiro atoms. The number of carbonyl (C=O) groups excluding carboxylic acids is 1. The van der Waals surface area contributed by atoms with Crippen LogP contribution in [0.15, 0.2) is 18.2 Å². The van der Waals surface area contributed by atoms with E-state index >= 15 is 0 Å². The summed E-state index contributed by atoms with van der Waals surface area (Å²) in [4.78, 5) is 22.2. The average Bonchev–Trinajstić information content (AvgIpc) is 2.44. The first kappa shape index (κ1) is 16.6. The van der Waals surface area contributed by atoms with Crippen molar-refractivity contribution in [3.63, 3.8) is 0 Å². The topological polar surface area (TPSA) is 122 Å². The van der Waals surface area contributed by atoms with Gasteiger partial charge in [-0.25, -0.2) is 0 Å². The first-order valence-corrected chi connectivity index (χ1v) is 6.58. The standard InChI is InChI=1S/C14H18N4O3/c1-9(2)5-11(8-16)14(19)17-13-4-3-12(18(20)21)6-10(13)7-15/h3-4,6,9,11H,5,8,16H2,1-2H3,(H,17,19). The van der Waals surface area contributed by atoms with Crippen molar-refractivity contribution in [1.29, 1.82) is 5.26 Å². The highest BCUT2D eigenvalue weighted by atomic mass is 16.6. The van der Waals surface area contributed by atoms with Gasteiger partial charge in [0, 0.05) is 18.7 Å². The van der Waals surface area contributed by atoms with E-state index in [1.807, 2.05) is 19.9 Å². The van der Waals surface area contributed by atoms with Gasteiger partial charge in [-0.2, -0.15) is 5.26 Å². The zero-order chi connectivity index (χ0) is 16.0. The first-order valence-electron chi connectivity index (χ1n) is 6.58. The molecule has 0 aliphatic heterocycles. The van der Waals surface area contributed by atoms with Crippen LogP contribution in [0.2, 0.25) is 0 Å². The smallest absolute Gasteiger partial charge is 0.270 e. The van der Waals surface area contributed by atoms with Gasteiger partial charge in [-0.1, -0.05) is 13.8 Å². The molecular formula is C14H18N4O3. The summed E-state index contributed by atoms with van der Waals surface area (Å²) in [7, 11) is 0. The molecule has 0 aromatic heterocycles. The molecule has 0 aliphatic rings. The van der Waals surface area contributed by atoms with E-state index in [1.165, 1.54) is 12.1 Å². The largest absolute Gasteiger partial charge is 0.330 e. The van der Waals surface area contributed by atoms with Gasteiger partial charge in [-0.3, -0.25) is 14.9 Å². The molecule has 1 aromatic carbocycles. The van der Waals surface area contributed by atoms with Crippen LogP contribution in [0, 0.1) is 33.3 Å². The van der Waals surface area contributed by atoms with Crippen molar-refractivity contribution in [2.75, 3.05) is 11.9 Å². The maximum atomic E-state index is 12.1. The quantitative estimate of drug-likeness (QED) is 0.613. The summed E-state index contributed by atoms with van der Waals surface area (Å²) in [5.41, 5.74) is 5.72. The monoisotopic (exact) mass is 290 g/mol. The minimum absolute atomic E-state index is 0.0536. The molecular weight excluding hydrogens is 272 g/mol. The van der Waals surface area contributed by atoms with Crippen LogP contribution in [0.5, 0.6) is 0 Å². The summed E-state index contributed by atoms with van der Waals surface area (Å²) in [6.45, 7) is 4.18. The number of amides is 1. The molecule has 1 rings (SSSR count). The number of benzene rings is 1. The molecule has 0 saturated heterocycles. The lowest BCUT2D eigenvalue weighted by atomic mass is 9.96. The van der Waals surface area contributed by atoms with E-state index in [9.17, 15) is 14.9 Å². The lowest BCUT2D eigenvalue weighted by Gasteiger charge is -2.17. The fourth-order valence-corrected chi connectivity index (χ4v) is 1.96. The second-order valence-corrected chi connectivity index (χ2v) is 5.15. The van der Waals surface area contributed by atoms with E-state index in [0.717, 1.165) is 6.07 Å². The fraction of sp³-hybridized carbons (Fsp3) is 0.429. The van der Waals surface area contributed by atoms with Crippen molar-refractivity contribution in [2.45, 2.75) is 20.3 Å². The van der Waals surface area contributed by atoms with Crippen LogP contribution in [0.1, 0.15) is 25.8 Å². The molecule has 21 heavy (non-hydrogen) atoms. The zero-order valence-corrected chi connectivity index (χ0v) is 12.0. The predicted molar refractivity (Wildman–Crippen MR) is 78.4 cm³/mol. The maximum absolute atomic E-state index is 12.1. The Morgan fingerprint density at radius 3 is 2.67 bits per heavy atom. The third-order valence-corrected chi connectivity index (χ3v) is 3.00. The second-order valence-electron chi connectivity index (χ2n) is 5.15. The number of nitro benzene ring substituents is 1. The number of nitro groups is 1. The second kappa shape index (κ2) is 7.36. The molecule has 1 aromatic rings. The van der Waals surface area contributed by atoms with E-state index < -0.39 is 4.92 Å². The Morgan fingerprint density at radius 2 is 2.19 bits per heavy atom. The van der Waals surface area contributed by atoms with Crippen molar-refractivity contribution in [3.05, 3.63) is 33.9 Å². The maximum Gasteiger partial charge on any atom is 0.270 e. The van der Waals surface area contributed by atoms with Crippen LogP contribution >= 0.6 is 0 Å². The molecule has 0 aliphatic carbocycles. The minimum Gasteiger partial charge on any atom is -0.330 e. The number of anilines is 1. The Bertz CT molecular complexity index is 578. The van der Waals surface area contributed by atoms with Gasteiger partial charge in [-0.15, -0.1) is 0 Å². The third-order valence-electron chi connectivity index (χ3n) is 3.00. The van der Waals surface area contributed by atoms with Crippen LogP contribution < -0.4 is 11.1 Å². The highest BCUT2D eigenvalue weighted by Crippen LogP contribution is 2.22. The molecule has 7 heteroatoms. The minimum atomic E-state index is -0.589. The molecule has 0 saturated carbocycles. The lowest BCUT2D eigenvalue weighted by molar-refractivity contribution is -0.384. The number of rotatable bonds is 6. The first-order chi connectivity index (χ1) is 9.88. The lowest BCUT2D eigenvalue weighted by Crippen LogP contribution is -2.30. The van der Waals surface area contributed by atoms with Gasteiger partial charge >= 0.3 is 0 Å². The number of carbonyl (C=O) groups is 1. The molecule has 0 fully saturated rings. The van der Waals surface area contributed by atoms with E-state index in [1.54, 1.807) is 0 Å². The number of non-ortho nitro benzene ring substituents is 1. The number of nitrogens with one attached hydrogen (secondary N) is 1. The van der Waals surface area contributed by atoms with Gasteiger partial charge in [0.1, 0.15) is 6.07 Å². The molecule has 112 valence electrons. The molecule has 0 heterocycles. The highest BCUT2D eigenvalue weighted by Gasteiger charge is 2.20. The van der Waals surface area contributed by atoms with Crippen molar-refractivity contribution >= 4 is 17.3 Å². The normalized spacial score (nSPS) is 11.8. The number of hydrogen-bond donors (Lipinski definition) is 2. The Hall–Kier alpha value is -2.46. The fourth-order valence-electron chi connectivity index (χ4n) is 1.96. The van der Waals surface area contributed by atoms with E-state index in [-0.39, 0.29) is 35.3 Å². The van der Waals surface area contributed by atoms with Gasteiger partial charge in [0.15, 0.2) is 0 Å². The molecule has 1 atom stereocenters. The molecule has 1 amide bonds. The summed E-state index contributed by atoms with van der Waals surface area (Å²) < 4.78 is 0. The Morgan fingerprint density at radius 1 is 1.52 bits per heavy atom. The van der Waals surface area contributed by atoms with Crippen LogP contribution in [0.25, 0.3) is 0 Å². The van der Waals surface area contributed by atoms with Crippen LogP contribution in [-0.4, -0.2) is 17.4 Å². The summed E-state index contributed by atoms with van der Waals surface area (Å²) in [5, 5.41) is 22.3. The van der Waals surface area contributed by atoms with Crippen molar-refractivity contribution in [2.24, 2.45) is 17.6 Å². The van der Waals surface area contributed by atoms with E-state index in [4.69, 9.17) is 11.0 Å². The van der Waals surface area contributed by atoms with Crippen LogP contribution in [0.3, 0.4) is 0 Å². The molecule has 0 bridgehead atoms. The number of nitrogens with two attached hydrogens (primary N) is 1. The van der Waals surface area contributed by atoms with Gasteiger partial charge < -0.3 is 11.1 Å². The zero-order valence-electron chi connectivity index (χ0n) is 12.0. The molecule has 0 radical (unpaired) electrons. The Balaban J connectivity index is 2.94. The number of nitrogens with zero attached hydrogens (tertiary/aromatic N) is 2. The Kier molecular flexibility index (Phi) is 5.81. The SMILES string of the molecule is CC(C)CC(CN)C(=O)Nc1ccc([N+](=O)[O-])cc1C#N. The molecule has 7 nitrogen and oxygen atoms in total. The van der Waals surface area contributed by atoms with E-state index in [0.29, 0.717) is 12.3 Å². The molecule has 1 unspecified atom stereocenters. The summed E-state index contributed by atoms with van der Waals surface area (Å²) >= 11 is 0. The van der Waals surface area contributed by atoms with Crippen molar-refractivity contribution in [3.8, 4) is 6.07 Å². The van der Waals surface area contributed by atoms with Crippen LogP contribution in [0.4, 0.5) is 11.4 Å². The van der Waals surface area contributed by atoms with Gasteiger partial charge in [0.05, 0.1) is 22.1 Å². The Labute approximate surface area is 122 Å². The number of nitriles is 1. The highest BCUT2D eigenvalue weighted by molar-refractivity contribution is 5.94.